The minimum Gasteiger partial charge on any atom is -0.371 e. The zero-order valence-corrected chi connectivity index (χ0v) is 6.15. The Morgan fingerprint density at radius 3 is 2.60 bits per heavy atom. The molecule has 0 aromatic rings. The first-order valence-electron chi connectivity index (χ1n) is 3.97. The lowest BCUT2D eigenvalue weighted by atomic mass is 9.97. The third-order valence-electron chi connectivity index (χ3n) is 2.25. The van der Waals surface area contributed by atoms with Gasteiger partial charge in [-0.3, -0.25) is 0 Å². The Balaban J connectivity index is 1.92. The van der Waals surface area contributed by atoms with Crippen molar-refractivity contribution in [1.29, 1.82) is 0 Å². The third kappa shape index (κ3) is 1.05. The summed E-state index contributed by atoms with van der Waals surface area (Å²) in [5, 5.41) is 6.61. The van der Waals surface area contributed by atoms with Crippen LogP contribution in [0.2, 0.25) is 0 Å². The van der Waals surface area contributed by atoms with Crippen molar-refractivity contribution >= 4 is 0 Å². The summed E-state index contributed by atoms with van der Waals surface area (Å²) in [6, 6.07) is 0. The van der Waals surface area contributed by atoms with Gasteiger partial charge in [0, 0.05) is 26.2 Å². The van der Waals surface area contributed by atoms with Crippen LogP contribution >= 0.6 is 0 Å². The molecular weight excluding hydrogens is 128 g/mol. The van der Waals surface area contributed by atoms with E-state index in [-0.39, 0.29) is 5.60 Å². The van der Waals surface area contributed by atoms with Crippen LogP contribution in [0, 0.1) is 0 Å². The maximum Gasteiger partial charge on any atom is 0.105 e. The van der Waals surface area contributed by atoms with Crippen molar-refractivity contribution < 1.29 is 4.74 Å². The van der Waals surface area contributed by atoms with Gasteiger partial charge in [-0.2, -0.15) is 0 Å². The van der Waals surface area contributed by atoms with Crippen LogP contribution < -0.4 is 10.6 Å². The van der Waals surface area contributed by atoms with E-state index in [9.17, 15) is 0 Å². The average Bonchev–Trinajstić information content (AvgIpc) is 2.08. The van der Waals surface area contributed by atoms with Crippen LogP contribution in [-0.2, 0) is 4.74 Å². The van der Waals surface area contributed by atoms with Crippen LogP contribution in [0.4, 0.5) is 0 Å². The van der Waals surface area contributed by atoms with E-state index in [1.807, 2.05) is 0 Å². The smallest absolute Gasteiger partial charge is 0.105 e. The molecule has 58 valence electrons. The number of nitrogens with one attached hydrogen (secondary N) is 2. The van der Waals surface area contributed by atoms with E-state index in [0.29, 0.717) is 0 Å². The van der Waals surface area contributed by atoms with Gasteiger partial charge in [-0.1, -0.05) is 0 Å². The van der Waals surface area contributed by atoms with Crippen LogP contribution in [0.25, 0.3) is 0 Å². The first kappa shape index (κ1) is 6.58. The molecule has 0 atom stereocenters. The fraction of sp³-hybridized carbons (Fsp3) is 1.00. The third-order valence-corrected chi connectivity index (χ3v) is 2.25. The van der Waals surface area contributed by atoms with Crippen LogP contribution in [0.3, 0.4) is 0 Å². The van der Waals surface area contributed by atoms with Crippen molar-refractivity contribution in [3.05, 3.63) is 0 Å². The molecule has 0 unspecified atom stereocenters. The fourth-order valence-corrected chi connectivity index (χ4v) is 1.48. The second-order valence-corrected chi connectivity index (χ2v) is 3.17. The highest BCUT2D eigenvalue weighted by Crippen LogP contribution is 2.17. The summed E-state index contributed by atoms with van der Waals surface area (Å²) < 4.78 is 5.70. The molecule has 0 saturated carbocycles. The molecule has 0 radical (unpaired) electrons. The molecule has 3 heteroatoms. The minimum absolute atomic E-state index is 0.163. The van der Waals surface area contributed by atoms with E-state index in [1.165, 1.54) is 0 Å². The second-order valence-electron chi connectivity index (χ2n) is 3.17. The molecule has 0 amide bonds. The summed E-state index contributed by atoms with van der Waals surface area (Å²) >= 11 is 0. The summed E-state index contributed by atoms with van der Waals surface area (Å²) in [4.78, 5) is 0. The molecule has 2 saturated heterocycles. The first-order valence-corrected chi connectivity index (χ1v) is 3.97. The topological polar surface area (TPSA) is 33.3 Å². The van der Waals surface area contributed by atoms with Gasteiger partial charge in [0.05, 0.1) is 0 Å². The lowest BCUT2D eigenvalue weighted by molar-refractivity contribution is -0.0686. The van der Waals surface area contributed by atoms with Crippen LogP contribution in [0.5, 0.6) is 0 Å². The molecule has 2 heterocycles. The second kappa shape index (κ2) is 2.49. The van der Waals surface area contributed by atoms with Gasteiger partial charge in [0.25, 0.3) is 0 Å². The summed E-state index contributed by atoms with van der Waals surface area (Å²) in [5.74, 6) is 0. The predicted octanol–water partition coefficient (Wildman–Crippen LogP) is -0.662. The molecule has 0 aromatic heterocycles. The lowest BCUT2D eigenvalue weighted by Gasteiger charge is -2.41. The molecule has 2 rings (SSSR count). The summed E-state index contributed by atoms with van der Waals surface area (Å²) in [5.41, 5.74) is 0.163. The highest BCUT2D eigenvalue weighted by molar-refractivity contribution is 4.97. The van der Waals surface area contributed by atoms with E-state index in [0.717, 1.165) is 39.2 Å². The highest BCUT2D eigenvalue weighted by Gasteiger charge is 2.38. The fourth-order valence-electron chi connectivity index (χ4n) is 1.48. The van der Waals surface area contributed by atoms with Gasteiger partial charge in [-0.25, -0.2) is 0 Å². The van der Waals surface area contributed by atoms with Crippen LogP contribution in [-0.4, -0.2) is 38.4 Å². The monoisotopic (exact) mass is 142 g/mol. The number of hydrogen-bond acceptors (Lipinski definition) is 3. The molecule has 1 spiro atoms. The molecule has 0 aromatic carbocycles. The van der Waals surface area contributed by atoms with Crippen molar-refractivity contribution in [3.63, 3.8) is 0 Å². The van der Waals surface area contributed by atoms with Crippen molar-refractivity contribution in [3.8, 4) is 0 Å². The Labute approximate surface area is 61.1 Å². The molecule has 2 aliphatic heterocycles. The Morgan fingerprint density at radius 2 is 1.90 bits per heavy atom. The lowest BCUT2D eigenvalue weighted by Crippen LogP contribution is -2.64. The minimum atomic E-state index is 0.163. The molecule has 10 heavy (non-hydrogen) atoms. The van der Waals surface area contributed by atoms with Crippen molar-refractivity contribution in [2.75, 3.05) is 32.8 Å². The van der Waals surface area contributed by atoms with Crippen molar-refractivity contribution in [1.82, 2.24) is 10.6 Å². The summed E-state index contributed by atoms with van der Waals surface area (Å²) in [7, 11) is 0. The number of hydrogen-bond donors (Lipinski definition) is 2. The molecule has 2 aliphatic rings. The van der Waals surface area contributed by atoms with Crippen LogP contribution in [0.1, 0.15) is 6.42 Å². The van der Waals surface area contributed by atoms with Crippen molar-refractivity contribution in [2.24, 2.45) is 0 Å². The average molecular weight is 142 g/mol. The van der Waals surface area contributed by atoms with Gasteiger partial charge in [0.1, 0.15) is 5.60 Å². The molecular formula is C7H14N2O. The van der Waals surface area contributed by atoms with Gasteiger partial charge in [0.15, 0.2) is 0 Å². The zero-order valence-electron chi connectivity index (χ0n) is 6.15. The molecule has 2 fully saturated rings. The summed E-state index contributed by atoms with van der Waals surface area (Å²) in [6.45, 7) is 5.12. The van der Waals surface area contributed by atoms with Crippen LogP contribution in [0.15, 0.2) is 0 Å². The van der Waals surface area contributed by atoms with E-state index < -0.39 is 0 Å². The van der Waals surface area contributed by atoms with Gasteiger partial charge in [-0.15, -0.1) is 0 Å². The summed E-state index contributed by atoms with van der Waals surface area (Å²) in [6.07, 6.45) is 1.15. The molecule has 3 nitrogen and oxygen atoms in total. The number of ether oxygens (including phenoxy) is 1. The van der Waals surface area contributed by atoms with Gasteiger partial charge in [-0.05, 0) is 13.0 Å². The molecule has 2 N–H and O–H groups in total. The van der Waals surface area contributed by atoms with Gasteiger partial charge < -0.3 is 15.4 Å². The first-order chi connectivity index (χ1) is 4.91. The normalized spacial score (nSPS) is 31.2. The Bertz CT molecular complexity index is 113. The predicted molar refractivity (Wildman–Crippen MR) is 39.0 cm³/mol. The van der Waals surface area contributed by atoms with E-state index in [2.05, 4.69) is 10.6 Å². The maximum atomic E-state index is 5.70. The van der Waals surface area contributed by atoms with Gasteiger partial charge >= 0.3 is 0 Å². The van der Waals surface area contributed by atoms with E-state index >= 15 is 0 Å². The Hall–Kier alpha value is -0.120. The van der Waals surface area contributed by atoms with E-state index in [4.69, 9.17) is 4.74 Å². The molecule has 0 bridgehead atoms. The van der Waals surface area contributed by atoms with Crippen molar-refractivity contribution in [2.45, 2.75) is 12.0 Å². The highest BCUT2D eigenvalue weighted by atomic mass is 16.5. The largest absolute Gasteiger partial charge is 0.371 e. The Morgan fingerprint density at radius 1 is 1.10 bits per heavy atom. The van der Waals surface area contributed by atoms with Gasteiger partial charge in [0.2, 0.25) is 0 Å². The standard InChI is InChI=1S/C7H14N2O/c1-2-8-4-7(10-3-1)5-9-6-7/h8-9H,1-6H2. The number of rotatable bonds is 0. The van der Waals surface area contributed by atoms with E-state index in [1.54, 1.807) is 0 Å². The zero-order chi connectivity index (χ0) is 6.86. The molecule has 0 aliphatic carbocycles. The Kier molecular flexibility index (Phi) is 1.64. The SMILES string of the molecule is C1CNCC2(CNC2)OC1. The quantitative estimate of drug-likeness (QED) is 0.471. The maximum absolute atomic E-state index is 5.70.